The van der Waals surface area contributed by atoms with Gasteiger partial charge in [0.1, 0.15) is 12.6 Å². The zero-order valence-corrected chi connectivity index (χ0v) is 34.5. The smallest absolute Gasteiger partial charge is 0.166 e. The fourth-order valence-electron chi connectivity index (χ4n) is 8.71. The summed E-state index contributed by atoms with van der Waals surface area (Å²) in [7, 11) is 2.08. The highest BCUT2D eigenvalue weighted by atomic mass is 35.5. The molecule has 0 radical (unpaired) electrons. The van der Waals surface area contributed by atoms with Crippen LogP contribution >= 0.6 is 23.2 Å². The van der Waals surface area contributed by atoms with E-state index in [0.717, 1.165) is 116 Å². The molecule has 0 saturated heterocycles. The lowest BCUT2D eigenvalue weighted by molar-refractivity contribution is -0.109. The van der Waals surface area contributed by atoms with E-state index in [1.807, 2.05) is 44.2 Å². The molecule has 0 fully saturated rings. The minimum absolute atomic E-state index is 0.0146. The number of fused-ring (bicyclic) bond motifs is 2. The minimum atomic E-state index is -0.381. The van der Waals surface area contributed by atoms with Gasteiger partial charge in [-0.2, -0.15) is 0 Å². The Morgan fingerprint density at radius 1 is 0.857 bits per heavy atom. The maximum Gasteiger partial charge on any atom is 0.166 e. The van der Waals surface area contributed by atoms with Gasteiger partial charge < -0.3 is 19.2 Å². The second kappa shape index (κ2) is 16.6. The van der Waals surface area contributed by atoms with Crippen molar-refractivity contribution in [3.8, 4) is 11.1 Å². The molecule has 0 aliphatic carbocycles. The van der Waals surface area contributed by atoms with Crippen molar-refractivity contribution in [1.82, 2.24) is 19.5 Å². The number of aldehydes is 2. The largest absolute Gasteiger partial charge is 0.371 e. The molecule has 0 spiro atoms. The molecule has 56 heavy (non-hydrogen) atoms. The summed E-state index contributed by atoms with van der Waals surface area (Å²) in [6.07, 6.45) is 9.15. The molecule has 6 aromatic rings. The molecule has 3 aromatic heterocycles. The fraction of sp³-hybridized carbons (Fsp3) is 0.326. The number of benzene rings is 3. The van der Waals surface area contributed by atoms with Crippen LogP contribution < -0.4 is 9.80 Å². The van der Waals surface area contributed by atoms with E-state index in [2.05, 4.69) is 87.5 Å². The predicted molar refractivity (Wildman–Crippen MR) is 229 cm³/mol. The molecule has 288 valence electrons. The first kappa shape index (κ1) is 39.2. The standard InChI is InChI=1S/C46H48Cl2N6O2/c1-28-19-34-23-36(25-55)54(24-35-12-9-10-16-49-35)45(34)40(20-28)52(6)17-18-53-41(26-56)37(13-8-7-11-33-21-29(2)44(48)30(3)22-33)38-14-15-39(47)43(46(38)53)42-31(4)50-27-51-32(42)5/h9-10,12,14-16,19-23,25-27,37,41H,7-8,11,13,17-18,24H2,1-6H3. The van der Waals surface area contributed by atoms with E-state index in [9.17, 15) is 9.59 Å². The molecule has 1 aliphatic rings. The second-order valence-electron chi connectivity index (χ2n) is 15.2. The van der Waals surface area contributed by atoms with Crippen LogP contribution in [0, 0.1) is 34.6 Å². The van der Waals surface area contributed by atoms with Crippen LogP contribution in [-0.2, 0) is 17.8 Å². The molecule has 2 unspecified atom stereocenters. The van der Waals surface area contributed by atoms with E-state index in [1.54, 1.807) is 12.5 Å². The van der Waals surface area contributed by atoms with Gasteiger partial charge in [-0.05, 0) is 118 Å². The van der Waals surface area contributed by atoms with Crippen molar-refractivity contribution in [2.45, 2.75) is 78.8 Å². The van der Waals surface area contributed by atoms with E-state index >= 15 is 0 Å². The molecule has 2 atom stereocenters. The highest BCUT2D eigenvalue weighted by Gasteiger charge is 2.41. The Bertz CT molecular complexity index is 2380. The number of anilines is 2. The summed E-state index contributed by atoms with van der Waals surface area (Å²) < 4.78 is 2.05. The van der Waals surface area contributed by atoms with Gasteiger partial charge in [-0.3, -0.25) is 9.78 Å². The van der Waals surface area contributed by atoms with Gasteiger partial charge in [0.15, 0.2) is 6.29 Å². The minimum Gasteiger partial charge on any atom is -0.371 e. The number of hydrogen-bond donors (Lipinski definition) is 0. The van der Waals surface area contributed by atoms with E-state index < -0.39 is 0 Å². The fourth-order valence-corrected chi connectivity index (χ4v) is 9.07. The Morgan fingerprint density at radius 2 is 1.61 bits per heavy atom. The third kappa shape index (κ3) is 7.57. The summed E-state index contributed by atoms with van der Waals surface area (Å²) in [6, 6.07) is 20.1. The third-order valence-electron chi connectivity index (χ3n) is 11.4. The molecule has 1 aliphatic heterocycles. The van der Waals surface area contributed by atoms with Gasteiger partial charge in [0.2, 0.25) is 0 Å². The summed E-state index contributed by atoms with van der Waals surface area (Å²) in [5, 5.41) is 2.43. The molecule has 0 bridgehead atoms. The van der Waals surface area contributed by atoms with Crippen molar-refractivity contribution in [1.29, 1.82) is 0 Å². The Kier molecular flexibility index (Phi) is 11.6. The van der Waals surface area contributed by atoms with Crippen molar-refractivity contribution in [3.05, 3.63) is 134 Å². The van der Waals surface area contributed by atoms with E-state index in [4.69, 9.17) is 23.2 Å². The number of carbonyl (C=O) groups excluding carboxylic acids is 2. The van der Waals surface area contributed by atoms with Crippen LogP contribution in [0.25, 0.3) is 22.0 Å². The number of rotatable bonds is 14. The van der Waals surface area contributed by atoms with Crippen LogP contribution in [0.1, 0.15) is 80.6 Å². The maximum absolute atomic E-state index is 13.3. The molecule has 10 heteroatoms. The summed E-state index contributed by atoms with van der Waals surface area (Å²) in [4.78, 5) is 43.9. The highest BCUT2D eigenvalue weighted by Crippen LogP contribution is 2.51. The van der Waals surface area contributed by atoms with Crippen LogP contribution in [-0.4, -0.2) is 58.3 Å². The van der Waals surface area contributed by atoms with E-state index in [1.165, 1.54) is 5.56 Å². The Labute approximate surface area is 339 Å². The predicted octanol–water partition coefficient (Wildman–Crippen LogP) is 10.2. The number of hydrogen-bond acceptors (Lipinski definition) is 7. The zero-order valence-electron chi connectivity index (χ0n) is 32.9. The van der Waals surface area contributed by atoms with Crippen LogP contribution in [0.15, 0.2) is 73.2 Å². The van der Waals surface area contributed by atoms with Crippen molar-refractivity contribution in [2.24, 2.45) is 0 Å². The molecule has 0 N–H and O–H groups in total. The number of carbonyl (C=O) groups is 2. The lowest BCUT2D eigenvalue weighted by Crippen LogP contribution is -2.40. The van der Waals surface area contributed by atoms with Gasteiger partial charge in [0.25, 0.3) is 0 Å². The number of nitrogens with zero attached hydrogens (tertiary/aromatic N) is 6. The zero-order chi connectivity index (χ0) is 39.7. The van der Waals surface area contributed by atoms with Crippen molar-refractivity contribution in [2.75, 3.05) is 29.9 Å². The third-order valence-corrected chi connectivity index (χ3v) is 12.3. The SMILES string of the molecule is Cc1cc(N(C)CCN2c3c(ccc(Cl)c3-c3c(C)ncnc3C)C(CCCCc3cc(C)c(Cl)c(C)c3)C2C=O)c2c(c1)cc(C=O)n2Cc1ccccn1. The first-order valence-electron chi connectivity index (χ1n) is 19.3. The average molecular weight is 788 g/mol. The molecule has 0 amide bonds. The van der Waals surface area contributed by atoms with Crippen LogP contribution in [0.2, 0.25) is 10.0 Å². The van der Waals surface area contributed by atoms with Gasteiger partial charge in [-0.25, -0.2) is 9.97 Å². The average Bonchev–Trinajstić information content (AvgIpc) is 3.68. The Hall–Kier alpha value is -5.05. The van der Waals surface area contributed by atoms with Gasteiger partial charge in [-0.15, -0.1) is 0 Å². The summed E-state index contributed by atoms with van der Waals surface area (Å²) in [6.45, 7) is 11.8. The molecular formula is C46H48Cl2N6O2. The van der Waals surface area contributed by atoms with E-state index in [-0.39, 0.29) is 12.0 Å². The topological polar surface area (TPSA) is 84.2 Å². The molecular weight excluding hydrogens is 739 g/mol. The number of pyridine rings is 1. The quantitative estimate of drug-likeness (QED) is 0.0803. The molecule has 4 heterocycles. The monoisotopic (exact) mass is 786 g/mol. The van der Waals surface area contributed by atoms with Crippen molar-refractivity contribution >= 4 is 58.1 Å². The normalized spacial score (nSPS) is 15.0. The Morgan fingerprint density at radius 3 is 2.29 bits per heavy atom. The summed E-state index contributed by atoms with van der Waals surface area (Å²) in [5.74, 6) is -0.0146. The molecule has 3 aromatic carbocycles. The number of unbranched alkanes of at least 4 members (excludes halogenated alkanes) is 1. The number of aromatic nitrogens is 4. The second-order valence-corrected chi connectivity index (χ2v) is 16.0. The molecule has 0 saturated carbocycles. The van der Waals surface area contributed by atoms with Crippen LogP contribution in [0.5, 0.6) is 0 Å². The highest BCUT2D eigenvalue weighted by molar-refractivity contribution is 6.34. The number of aryl methyl sites for hydroxylation is 6. The molecule has 7 rings (SSSR count). The van der Waals surface area contributed by atoms with Crippen LogP contribution in [0.4, 0.5) is 11.4 Å². The maximum atomic E-state index is 13.3. The molecule has 8 nitrogen and oxygen atoms in total. The number of likely N-dealkylation sites (N-methyl/N-ethyl adjacent to an activating group) is 1. The Balaban J connectivity index is 1.23. The summed E-state index contributed by atoms with van der Waals surface area (Å²) in [5.41, 5.74) is 13.6. The lowest BCUT2D eigenvalue weighted by atomic mass is 9.88. The van der Waals surface area contributed by atoms with Gasteiger partial charge in [0, 0.05) is 65.2 Å². The van der Waals surface area contributed by atoms with Gasteiger partial charge >= 0.3 is 0 Å². The van der Waals surface area contributed by atoms with E-state index in [0.29, 0.717) is 30.4 Å². The van der Waals surface area contributed by atoms with Crippen molar-refractivity contribution < 1.29 is 9.59 Å². The number of halogens is 2. The lowest BCUT2D eigenvalue weighted by Gasteiger charge is -2.31. The first-order valence-corrected chi connectivity index (χ1v) is 20.0. The van der Waals surface area contributed by atoms with Gasteiger partial charge in [-0.1, -0.05) is 53.9 Å². The van der Waals surface area contributed by atoms with Gasteiger partial charge in [0.05, 0.1) is 45.9 Å². The first-order chi connectivity index (χ1) is 27.0. The van der Waals surface area contributed by atoms with Crippen LogP contribution in [0.3, 0.4) is 0 Å². The van der Waals surface area contributed by atoms with Crippen molar-refractivity contribution in [3.63, 3.8) is 0 Å². The summed E-state index contributed by atoms with van der Waals surface area (Å²) >= 11 is 13.6.